The first kappa shape index (κ1) is 25.8. The molecule has 152 valence electrons. The zero-order valence-corrected chi connectivity index (χ0v) is 18.4. The van der Waals surface area contributed by atoms with Crippen LogP contribution in [0.1, 0.15) is 53.3 Å². The number of carbonyl (C=O) groups is 1. The molecular weight excluding hydrogens is 403 g/mol. The summed E-state index contributed by atoms with van der Waals surface area (Å²) < 4.78 is 0. The molecule has 1 aromatic heterocycles. The van der Waals surface area contributed by atoms with Crippen LogP contribution in [0.15, 0.2) is 29.6 Å². The van der Waals surface area contributed by atoms with Gasteiger partial charge in [-0.2, -0.15) is 0 Å². The van der Waals surface area contributed by atoms with Crippen molar-refractivity contribution in [3.63, 3.8) is 0 Å². The smallest absolute Gasteiger partial charge is 0.271 e. The van der Waals surface area contributed by atoms with E-state index in [1.54, 1.807) is 5.38 Å². The van der Waals surface area contributed by atoms with E-state index in [0.29, 0.717) is 18.8 Å². The molecule has 1 aromatic carbocycles. The zero-order chi connectivity index (χ0) is 18.1. The van der Waals surface area contributed by atoms with Crippen molar-refractivity contribution in [2.45, 2.75) is 46.3 Å². The lowest BCUT2D eigenvalue weighted by Gasteiger charge is -2.20. The van der Waals surface area contributed by atoms with Gasteiger partial charge in [0.15, 0.2) is 0 Å². The van der Waals surface area contributed by atoms with Crippen molar-refractivity contribution in [3.8, 4) is 0 Å². The average Bonchev–Trinajstić information content (AvgIpc) is 3.13. The molecule has 0 aliphatic rings. The number of nitrogens with one attached hydrogen (secondary N) is 1. The maximum absolute atomic E-state index is 12.2. The number of hydrogen-bond acceptors (Lipinski definition) is 5. The minimum absolute atomic E-state index is 0. The summed E-state index contributed by atoms with van der Waals surface area (Å²) in [5, 5.41) is 5.46. The van der Waals surface area contributed by atoms with Crippen LogP contribution in [-0.2, 0) is 19.6 Å². The Morgan fingerprint density at radius 1 is 1.26 bits per heavy atom. The van der Waals surface area contributed by atoms with Crippen molar-refractivity contribution in [1.29, 1.82) is 0 Å². The minimum atomic E-state index is -0.153. The highest BCUT2D eigenvalue weighted by Gasteiger charge is 2.10. The highest BCUT2D eigenvalue weighted by Crippen LogP contribution is 2.11. The predicted molar refractivity (Wildman–Crippen MR) is 118 cm³/mol. The third kappa shape index (κ3) is 8.58. The summed E-state index contributed by atoms with van der Waals surface area (Å²) >= 11 is 1.42. The van der Waals surface area contributed by atoms with Crippen LogP contribution in [0.3, 0.4) is 0 Å². The molecule has 0 saturated heterocycles. The molecule has 0 radical (unpaired) electrons. The van der Waals surface area contributed by atoms with E-state index in [-0.39, 0.29) is 30.7 Å². The molecule has 0 aliphatic carbocycles. The fourth-order valence-corrected chi connectivity index (χ4v) is 3.26. The molecule has 0 bridgehead atoms. The number of carbonyl (C=O) groups excluding carboxylic acids is 1. The number of unbranched alkanes of at least 4 members (excludes halogenated alkanes) is 1. The second-order valence-electron chi connectivity index (χ2n) is 6.06. The lowest BCUT2D eigenvalue weighted by molar-refractivity contribution is 0.0946. The van der Waals surface area contributed by atoms with E-state index in [1.807, 2.05) is 6.07 Å². The molecule has 1 heterocycles. The normalized spacial score (nSPS) is 10.2. The number of benzene rings is 1. The lowest BCUT2D eigenvalue weighted by atomic mass is 10.1. The van der Waals surface area contributed by atoms with E-state index in [1.165, 1.54) is 29.7 Å². The van der Waals surface area contributed by atoms with Crippen LogP contribution >= 0.6 is 36.2 Å². The molecule has 0 unspecified atom stereocenters. The van der Waals surface area contributed by atoms with E-state index >= 15 is 0 Å². The number of nitrogens with zero attached hydrogens (tertiary/aromatic N) is 2. The van der Waals surface area contributed by atoms with E-state index in [4.69, 9.17) is 5.73 Å². The third-order valence-corrected chi connectivity index (χ3v) is 4.96. The van der Waals surface area contributed by atoms with Gasteiger partial charge in [-0.1, -0.05) is 44.5 Å². The van der Waals surface area contributed by atoms with Crippen LogP contribution in [0, 0.1) is 0 Å². The molecule has 0 spiro atoms. The Morgan fingerprint density at radius 2 is 2.00 bits per heavy atom. The summed E-state index contributed by atoms with van der Waals surface area (Å²) in [4.78, 5) is 18.8. The van der Waals surface area contributed by atoms with Crippen molar-refractivity contribution >= 4 is 42.1 Å². The molecule has 0 aliphatic heterocycles. The van der Waals surface area contributed by atoms with Crippen LogP contribution in [0.4, 0.5) is 0 Å². The largest absolute Gasteiger partial charge is 0.347 e. The van der Waals surface area contributed by atoms with Gasteiger partial charge in [0, 0.05) is 25.0 Å². The van der Waals surface area contributed by atoms with Crippen LogP contribution in [0.2, 0.25) is 0 Å². The topological polar surface area (TPSA) is 71.2 Å². The summed E-state index contributed by atoms with van der Waals surface area (Å²) in [5.74, 6) is -0.153. The quantitative estimate of drug-likeness (QED) is 0.594. The number of aromatic nitrogens is 1. The van der Waals surface area contributed by atoms with E-state index in [0.717, 1.165) is 30.2 Å². The number of thiazole rings is 1. The summed E-state index contributed by atoms with van der Waals surface area (Å²) in [6.45, 7) is 8.41. The fourth-order valence-electron chi connectivity index (χ4n) is 2.61. The molecule has 1 amide bonds. The van der Waals surface area contributed by atoms with Gasteiger partial charge in [-0.3, -0.25) is 9.69 Å². The molecular formula is C19H30Cl2N4OS. The number of hydrogen-bond donors (Lipinski definition) is 2. The first-order valence-corrected chi connectivity index (χ1v) is 9.77. The van der Waals surface area contributed by atoms with Gasteiger partial charge in [0.25, 0.3) is 5.91 Å². The molecule has 2 aromatic rings. The summed E-state index contributed by atoms with van der Waals surface area (Å²) in [6, 6.07) is 8.41. The van der Waals surface area contributed by atoms with Crippen LogP contribution in [0.5, 0.6) is 0 Å². The lowest BCUT2D eigenvalue weighted by Crippen LogP contribution is -2.25. The Kier molecular flexibility index (Phi) is 13.3. The summed E-state index contributed by atoms with van der Waals surface area (Å²) in [6.07, 6.45) is 2.44. The van der Waals surface area contributed by atoms with Gasteiger partial charge in [-0.05, 0) is 30.6 Å². The Morgan fingerprint density at radius 3 is 2.63 bits per heavy atom. The van der Waals surface area contributed by atoms with Crippen LogP contribution < -0.4 is 11.1 Å². The van der Waals surface area contributed by atoms with E-state index in [9.17, 15) is 4.79 Å². The van der Waals surface area contributed by atoms with Crippen molar-refractivity contribution in [1.82, 2.24) is 15.2 Å². The number of amides is 1. The van der Waals surface area contributed by atoms with Gasteiger partial charge in [0.1, 0.15) is 10.7 Å². The monoisotopic (exact) mass is 432 g/mol. The standard InChI is InChI=1S/C19H28N4OS.2ClH/c1-3-5-9-23(4-2)13-16-8-6-7-15(10-16)12-21-19(24)17-14-25-18(11-20)22-17;;/h6-8,10,14H,3-5,9,11-13,20H2,1-2H3,(H,21,24);2*1H. The second kappa shape index (κ2) is 13.9. The molecule has 27 heavy (non-hydrogen) atoms. The molecule has 8 heteroatoms. The average molecular weight is 433 g/mol. The van der Waals surface area contributed by atoms with E-state index < -0.39 is 0 Å². The van der Waals surface area contributed by atoms with Crippen molar-refractivity contribution in [2.75, 3.05) is 13.1 Å². The molecule has 0 atom stereocenters. The van der Waals surface area contributed by atoms with Gasteiger partial charge in [-0.15, -0.1) is 36.2 Å². The second-order valence-corrected chi connectivity index (χ2v) is 7.00. The Labute approximate surface area is 178 Å². The molecule has 0 saturated carbocycles. The minimum Gasteiger partial charge on any atom is -0.347 e. The van der Waals surface area contributed by atoms with E-state index in [2.05, 4.69) is 47.2 Å². The first-order chi connectivity index (χ1) is 12.2. The highest BCUT2D eigenvalue weighted by atomic mass is 35.5. The Balaban J connectivity index is 0.00000338. The van der Waals surface area contributed by atoms with Crippen molar-refractivity contribution < 1.29 is 4.79 Å². The van der Waals surface area contributed by atoms with Gasteiger partial charge < -0.3 is 11.1 Å². The maximum Gasteiger partial charge on any atom is 0.271 e. The van der Waals surface area contributed by atoms with Crippen molar-refractivity contribution in [2.24, 2.45) is 5.73 Å². The number of nitrogens with two attached hydrogens (primary N) is 1. The third-order valence-electron chi connectivity index (χ3n) is 4.08. The van der Waals surface area contributed by atoms with Crippen molar-refractivity contribution in [3.05, 3.63) is 51.5 Å². The number of rotatable bonds is 10. The maximum atomic E-state index is 12.2. The highest BCUT2D eigenvalue weighted by molar-refractivity contribution is 7.09. The molecule has 3 N–H and O–H groups in total. The number of halogens is 2. The first-order valence-electron chi connectivity index (χ1n) is 8.89. The predicted octanol–water partition coefficient (Wildman–Crippen LogP) is 4.00. The Bertz CT molecular complexity index is 681. The summed E-state index contributed by atoms with van der Waals surface area (Å²) in [7, 11) is 0. The SMILES string of the molecule is CCCCN(CC)Cc1cccc(CNC(=O)c2csc(CN)n2)c1.Cl.Cl. The van der Waals surface area contributed by atoms with Gasteiger partial charge in [-0.25, -0.2) is 4.98 Å². The Hall–Kier alpha value is -1.18. The zero-order valence-electron chi connectivity index (χ0n) is 15.9. The summed E-state index contributed by atoms with van der Waals surface area (Å²) in [5.41, 5.74) is 8.37. The van der Waals surface area contributed by atoms with Crippen LogP contribution in [0.25, 0.3) is 0 Å². The molecule has 2 rings (SSSR count). The van der Waals surface area contributed by atoms with Gasteiger partial charge >= 0.3 is 0 Å². The fraction of sp³-hybridized carbons (Fsp3) is 0.474. The van der Waals surface area contributed by atoms with Gasteiger partial charge in [0.05, 0.1) is 0 Å². The van der Waals surface area contributed by atoms with Gasteiger partial charge in [0.2, 0.25) is 0 Å². The van der Waals surface area contributed by atoms with Crippen LogP contribution in [-0.4, -0.2) is 28.9 Å². The molecule has 5 nitrogen and oxygen atoms in total. The molecule has 0 fully saturated rings.